The lowest BCUT2D eigenvalue weighted by molar-refractivity contribution is -0.0688. The van der Waals surface area contributed by atoms with Crippen LogP contribution in [0.5, 0.6) is 11.5 Å². The van der Waals surface area contributed by atoms with E-state index >= 15 is 0 Å². The Balaban J connectivity index is 1.21. The topological polar surface area (TPSA) is 47.9 Å². The first-order valence-electron chi connectivity index (χ1n) is 14.1. The van der Waals surface area contributed by atoms with Crippen molar-refractivity contribution in [3.63, 3.8) is 0 Å². The van der Waals surface area contributed by atoms with E-state index in [1.54, 1.807) is 0 Å². The molecule has 0 aromatic heterocycles. The lowest BCUT2D eigenvalue weighted by atomic mass is 9.69. The second-order valence-electron chi connectivity index (χ2n) is 10.7. The maximum atomic E-state index is 8.94. The average Bonchev–Trinajstić information content (AvgIpc) is 2.98. The minimum atomic E-state index is 0.0692. The zero-order valence-electron chi connectivity index (χ0n) is 22.2. The second-order valence-corrected chi connectivity index (χ2v) is 10.7. The van der Waals surface area contributed by atoms with E-state index in [9.17, 15) is 0 Å². The van der Waals surface area contributed by atoms with E-state index in [4.69, 9.17) is 19.3 Å². The van der Waals surface area contributed by atoms with Gasteiger partial charge in [-0.3, -0.25) is 0 Å². The molecule has 0 radical (unpaired) electrons. The normalized spacial score (nSPS) is 22.0. The number of aliphatic hydroxyl groups excluding tert-OH is 1. The van der Waals surface area contributed by atoms with Gasteiger partial charge in [-0.25, -0.2) is 0 Å². The highest BCUT2D eigenvalue weighted by Crippen LogP contribution is 2.47. The molecular weight excluding hydrogens is 484 g/mol. The minimum absolute atomic E-state index is 0.0692. The van der Waals surface area contributed by atoms with Crippen LogP contribution in [0.25, 0.3) is 0 Å². The highest BCUT2D eigenvalue weighted by molar-refractivity contribution is 5.48. The maximum absolute atomic E-state index is 8.94. The summed E-state index contributed by atoms with van der Waals surface area (Å²) in [6, 6.07) is 36.6. The first kappa shape index (κ1) is 25.7. The van der Waals surface area contributed by atoms with Gasteiger partial charge in [-0.15, -0.1) is 0 Å². The Kier molecular flexibility index (Phi) is 7.94. The van der Waals surface area contributed by atoms with Gasteiger partial charge in [0.25, 0.3) is 0 Å². The third kappa shape index (κ3) is 6.03. The zero-order chi connectivity index (χ0) is 26.4. The SMILES string of the molecule is OCCOC1CC(Oc2ccc([C@@H]3c4ccc(OCc5ccccc5)cc4CC[C@@H]3c3ccccc3)cc2)C1. The number of hydrogen-bond acceptors (Lipinski definition) is 4. The summed E-state index contributed by atoms with van der Waals surface area (Å²) < 4.78 is 18.0. The molecule has 2 aliphatic rings. The monoisotopic (exact) mass is 520 g/mol. The molecule has 2 atom stereocenters. The second kappa shape index (κ2) is 12.1. The molecule has 1 N–H and O–H groups in total. The van der Waals surface area contributed by atoms with Gasteiger partial charge in [0.1, 0.15) is 24.2 Å². The molecule has 4 nitrogen and oxygen atoms in total. The van der Waals surface area contributed by atoms with Crippen molar-refractivity contribution in [1.82, 2.24) is 0 Å². The molecule has 0 aliphatic heterocycles. The summed E-state index contributed by atoms with van der Waals surface area (Å²) in [6.45, 7) is 1.05. The number of fused-ring (bicyclic) bond motifs is 1. The molecule has 200 valence electrons. The molecule has 1 fully saturated rings. The molecule has 4 aromatic carbocycles. The summed E-state index contributed by atoms with van der Waals surface area (Å²) in [5, 5.41) is 8.94. The number of rotatable bonds is 10. The Morgan fingerprint density at radius 2 is 1.44 bits per heavy atom. The Hall–Kier alpha value is -3.60. The van der Waals surface area contributed by atoms with Gasteiger partial charge >= 0.3 is 0 Å². The van der Waals surface area contributed by atoms with Crippen LogP contribution in [0.2, 0.25) is 0 Å². The standard InChI is InChI=1S/C35H36O4/c36-19-20-37-31-22-32(23-31)39-29-14-11-27(12-15-29)35-33(26-9-5-2-6-10-26)17-13-28-21-30(16-18-34(28)35)38-24-25-7-3-1-4-8-25/h1-12,14-16,18,21,31-33,35-36H,13,17,19-20,22-24H2/t31?,32?,33-,35+/m1/s1. The fourth-order valence-corrected chi connectivity index (χ4v) is 6.01. The van der Waals surface area contributed by atoms with Crippen LogP contribution in [0.4, 0.5) is 0 Å². The molecule has 6 rings (SSSR count). The molecule has 0 spiro atoms. The molecule has 0 saturated heterocycles. The number of benzene rings is 4. The molecule has 39 heavy (non-hydrogen) atoms. The number of aryl methyl sites for hydroxylation is 1. The van der Waals surface area contributed by atoms with Crippen LogP contribution in [0.1, 0.15) is 58.9 Å². The van der Waals surface area contributed by atoms with Crippen molar-refractivity contribution in [1.29, 1.82) is 0 Å². The van der Waals surface area contributed by atoms with Gasteiger partial charge in [-0.1, -0.05) is 78.9 Å². The average molecular weight is 521 g/mol. The van der Waals surface area contributed by atoms with Crippen LogP contribution >= 0.6 is 0 Å². The predicted octanol–water partition coefficient (Wildman–Crippen LogP) is 7.05. The third-order valence-corrected chi connectivity index (χ3v) is 8.09. The first-order valence-corrected chi connectivity index (χ1v) is 14.1. The van der Waals surface area contributed by atoms with Gasteiger partial charge in [0.15, 0.2) is 0 Å². The number of aliphatic hydroxyl groups is 1. The summed E-state index contributed by atoms with van der Waals surface area (Å²) in [5.41, 5.74) is 6.64. The van der Waals surface area contributed by atoms with Crippen molar-refractivity contribution >= 4 is 0 Å². The highest BCUT2D eigenvalue weighted by Gasteiger charge is 2.33. The van der Waals surface area contributed by atoms with Gasteiger partial charge in [-0.2, -0.15) is 0 Å². The molecule has 0 amide bonds. The van der Waals surface area contributed by atoms with Gasteiger partial charge in [-0.05, 0) is 70.8 Å². The smallest absolute Gasteiger partial charge is 0.120 e. The Morgan fingerprint density at radius 1 is 0.718 bits per heavy atom. The molecule has 4 heteroatoms. The molecule has 0 unspecified atom stereocenters. The van der Waals surface area contributed by atoms with Crippen molar-refractivity contribution in [2.75, 3.05) is 13.2 Å². The number of ether oxygens (including phenoxy) is 3. The van der Waals surface area contributed by atoms with E-state index < -0.39 is 0 Å². The summed E-state index contributed by atoms with van der Waals surface area (Å²) >= 11 is 0. The van der Waals surface area contributed by atoms with Crippen LogP contribution in [-0.4, -0.2) is 30.5 Å². The summed E-state index contributed by atoms with van der Waals surface area (Å²) in [6.07, 6.45) is 4.27. The molecule has 0 bridgehead atoms. The molecule has 2 aliphatic carbocycles. The summed E-state index contributed by atoms with van der Waals surface area (Å²) in [5.74, 6) is 2.52. The summed E-state index contributed by atoms with van der Waals surface area (Å²) in [4.78, 5) is 0. The lowest BCUT2D eigenvalue weighted by Crippen LogP contribution is -2.39. The van der Waals surface area contributed by atoms with E-state index in [0.29, 0.717) is 19.1 Å². The van der Waals surface area contributed by atoms with Gasteiger partial charge in [0.2, 0.25) is 0 Å². The van der Waals surface area contributed by atoms with Crippen molar-refractivity contribution in [2.45, 2.75) is 56.3 Å². The van der Waals surface area contributed by atoms with Crippen molar-refractivity contribution in [3.05, 3.63) is 131 Å². The minimum Gasteiger partial charge on any atom is -0.490 e. The van der Waals surface area contributed by atoms with Crippen LogP contribution < -0.4 is 9.47 Å². The van der Waals surface area contributed by atoms with Crippen LogP contribution in [-0.2, 0) is 17.8 Å². The Labute approximate surface area is 231 Å². The third-order valence-electron chi connectivity index (χ3n) is 8.09. The molecule has 0 heterocycles. The van der Waals surface area contributed by atoms with Gasteiger partial charge < -0.3 is 19.3 Å². The fraction of sp³-hybridized carbons (Fsp3) is 0.314. The van der Waals surface area contributed by atoms with Crippen molar-refractivity contribution in [3.8, 4) is 11.5 Å². The van der Waals surface area contributed by atoms with E-state index in [1.807, 2.05) is 18.2 Å². The first-order chi connectivity index (χ1) is 19.3. The van der Waals surface area contributed by atoms with Crippen LogP contribution in [0.15, 0.2) is 103 Å². The fourth-order valence-electron chi connectivity index (χ4n) is 6.01. The predicted molar refractivity (Wildman–Crippen MR) is 153 cm³/mol. The zero-order valence-corrected chi connectivity index (χ0v) is 22.2. The Morgan fingerprint density at radius 3 is 2.18 bits per heavy atom. The van der Waals surface area contributed by atoms with E-state index in [-0.39, 0.29) is 24.7 Å². The molecule has 4 aromatic rings. The Bertz CT molecular complexity index is 1330. The van der Waals surface area contributed by atoms with Crippen LogP contribution in [0, 0.1) is 0 Å². The van der Waals surface area contributed by atoms with Gasteiger partial charge in [0, 0.05) is 18.8 Å². The van der Waals surface area contributed by atoms with E-state index in [0.717, 1.165) is 37.2 Å². The molecular formula is C35H36O4. The molecule has 1 saturated carbocycles. The largest absolute Gasteiger partial charge is 0.490 e. The number of hydrogen-bond donors (Lipinski definition) is 1. The summed E-state index contributed by atoms with van der Waals surface area (Å²) in [7, 11) is 0. The lowest BCUT2D eigenvalue weighted by Gasteiger charge is -2.36. The van der Waals surface area contributed by atoms with Crippen LogP contribution in [0.3, 0.4) is 0 Å². The van der Waals surface area contributed by atoms with E-state index in [1.165, 1.54) is 27.8 Å². The van der Waals surface area contributed by atoms with Crippen molar-refractivity contribution in [2.24, 2.45) is 0 Å². The van der Waals surface area contributed by atoms with Crippen molar-refractivity contribution < 1.29 is 19.3 Å². The highest BCUT2D eigenvalue weighted by atomic mass is 16.5. The maximum Gasteiger partial charge on any atom is 0.120 e. The van der Waals surface area contributed by atoms with Gasteiger partial charge in [0.05, 0.1) is 19.3 Å². The van der Waals surface area contributed by atoms with E-state index in [2.05, 4.69) is 84.9 Å². The quantitative estimate of drug-likeness (QED) is 0.244.